The number of carbonyl (C=O) groups excluding carboxylic acids is 2. The van der Waals surface area contributed by atoms with Crippen LogP contribution in [0.1, 0.15) is 24.8 Å². The van der Waals surface area contributed by atoms with Gasteiger partial charge in [-0.05, 0) is 53.4 Å². The molecule has 3 amide bonds. The summed E-state index contributed by atoms with van der Waals surface area (Å²) in [6, 6.07) is 9.93. The number of urea groups is 1. The molecule has 30 heavy (non-hydrogen) atoms. The Hall–Kier alpha value is -3.02. The monoisotopic (exact) mass is 404 g/mol. The van der Waals surface area contributed by atoms with Crippen LogP contribution in [0.5, 0.6) is 0 Å². The zero-order chi connectivity index (χ0) is 20.6. The summed E-state index contributed by atoms with van der Waals surface area (Å²) >= 11 is 0. The van der Waals surface area contributed by atoms with Gasteiger partial charge in [0, 0.05) is 38.2 Å². The molecule has 2 fully saturated rings. The normalized spacial score (nSPS) is 23.4. The zero-order valence-electron chi connectivity index (χ0n) is 17.1. The van der Waals surface area contributed by atoms with Gasteiger partial charge in [-0.15, -0.1) is 0 Å². The summed E-state index contributed by atoms with van der Waals surface area (Å²) in [7, 11) is 0. The highest BCUT2D eigenvalue weighted by Gasteiger charge is 2.54. The van der Waals surface area contributed by atoms with Crippen molar-refractivity contribution in [2.45, 2.75) is 25.7 Å². The highest BCUT2D eigenvalue weighted by atomic mass is 16.2. The van der Waals surface area contributed by atoms with Crippen LogP contribution in [0.2, 0.25) is 0 Å². The maximum Gasteiger partial charge on any atom is 0.321 e. The predicted molar refractivity (Wildman–Crippen MR) is 115 cm³/mol. The first-order valence-electron chi connectivity index (χ1n) is 10.8. The lowest BCUT2D eigenvalue weighted by Gasteiger charge is -2.33. The van der Waals surface area contributed by atoms with Crippen LogP contribution in [0, 0.1) is 11.3 Å². The van der Waals surface area contributed by atoms with Gasteiger partial charge in [0.2, 0.25) is 5.91 Å². The number of amides is 3. The van der Waals surface area contributed by atoms with Crippen molar-refractivity contribution in [3.63, 3.8) is 0 Å². The molecular weight excluding hydrogens is 376 g/mol. The molecule has 5 rings (SSSR count). The first-order valence-corrected chi connectivity index (χ1v) is 10.8. The topological polar surface area (TPSA) is 64.7 Å². The summed E-state index contributed by atoms with van der Waals surface area (Å²) in [5, 5.41) is 6.19. The van der Waals surface area contributed by atoms with E-state index in [1.807, 2.05) is 59.9 Å². The molecule has 1 atom stereocenters. The fourth-order valence-electron chi connectivity index (χ4n) is 5.00. The molecular formula is C24H28N4O2. The highest BCUT2D eigenvalue weighted by molar-refractivity contribution is 5.79. The van der Waals surface area contributed by atoms with Crippen molar-refractivity contribution in [3.05, 3.63) is 71.7 Å². The van der Waals surface area contributed by atoms with Gasteiger partial charge in [-0.2, -0.15) is 0 Å². The van der Waals surface area contributed by atoms with E-state index in [1.54, 1.807) is 4.90 Å². The number of allylic oxidation sites excluding steroid dienone is 1. The van der Waals surface area contributed by atoms with Crippen LogP contribution in [-0.2, 0) is 11.2 Å². The smallest absolute Gasteiger partial charge is 0.321 e. The Morgan fingerprint density at radius 1 is 1.17 bits per heavy atom. The third kappa shape index (κ3) is 3.74. The van der Waals surface area contributed by atoms with E-state index in [0.29, 0.717) is 24.3 Å². The Balaban J connectivity index is 1.07. The molecule has 1 unspecified atom stereocenters. The third-order valence-corrected chi connectivity index (χ3v) is 7.05. The average Bonchev–Trinajstić information content (AvgIpc) is 3.25. The number of dihydropyridines is 1. The molecule has 6 nitrogen and oxygen atoms in total. The molecule has 1 saturated heterocycles. The summed E-state index contributed by atoms with van der Waals surface area (Å²) < 4.78 is 0. The van der Waals surface area contributed by atoms with Crippen LogP contribution < -0.4 is 10.6 Å². The number of fused-ring (bicyclic) bond motifs is 1. The lowest BCUT2D eigenvalue weighted by molar-refractivity contribution is -0.132. The second kappa shape index (κ2) is 7.67. The minimum atomic E-state index is -0.0243. The van der Waals surface area contributed by atoms with Crippen molar-refractivity contribution in [2.24, 2.45) is 11.3 Å². The minimum Gasteiger partial charge on any atom is -0.367 e. The molecule has 2 N–H and O–H groups in total. The van der Waals surface area contributed by atoms with E-state index in [-0.39, 0.29) is 11.9 Å². The Bertz CT molecular complexity index is 926. The Labute approximate surface area is 177 Å². The number of hydrogen-bond acceptors (Lipinski definition) is 3. The van der Waals surface area contributed by atoms with Crippen molar-refractivity contribution in [1.82, 2.24) is 20.4 Å². The van der Waals surface area contributed by atoms with E-state index < -0.39 is 0 Å². The highest BCUT2D eigenvalue weighted by Crippen LogP contribution is 2.59. The van der Waals surface area contributed by atoms with Crippen molar-refractivity contribution in [3.8, 4) is 0 Å². The molecule has 1 aromatic rings. The second-order valence-electron chi connectivity index (χ2n) is 8.87. The van der Waals surface area contributed by atoms with Gasteiger partial charge in [0.05, 0.1) is 13.0 Å². The first-order chi connectivity index (χ1) is 14.6. The van der Waals surface area contributed by atoms with Gasteiger partial charge in [-0.1, -0.05) is 30.3 Å². The number of hydrogen-bond donors (Lipinski definition) is 2. The number of nitrogens with zero attached hydrogens (tertiary/aromatic N) is 2. The van der Waals surface area contributed by atoms with Gasteiger partial charge < -0.3 is 15.5 Å². The van der Waals surface area contributed by atoms with Crippen molar-refractivity contribution in [2.75, 3.05) is 26.2 Å². The number of piperidine rings is 1. The van der Waals surface area contributed by atoms with Gasteiger partial charge in [-0.3, -0.25) is 9.69 Å². The van der Waals surface area contributed by atoms with E-state index in [1.165, 1.54) is 0 Å². The second-order valence-corrected chi connectivity index (χ2v) is 8.87. The summed E-state index contributed by atoms with van der Waals surface area (Å²) in [6.07, 6.45) is 11.5. The van der Waals surface area contributed by atoms with Crippen LogP contribution in [-0.4, -0.2) is 47.9 Å². The average molecular weight is 405 g/mol. The van der Waals surface area contributed by atoms with Gasteiger partial charge in [0.15, 0.2) is 0 Å². The Kier molecular flexibility index (Phi) is 4.85. The summed E-state index contributed by atoms with van der Waals surface area (Å²) in [5.74, 6) is 0.758. The fraction of sp³-hybridized carbons (Fsp3) is 0.417. The third-order valence-electron chi connectivity index (χ3n) is 7.05. The minimum absolute atomic E-state index is 0.0243. The van der Waals surface area contributed by atoms with Gasteiger partial charge in [0.1, 0.15) is 0 Å². The van der Waals surface area contributed by atoms with E-state index in [4.69, 9.17) is 0 Å². The maximum absolute atomic E-state index is 12.6. The Morgan fingerprint density at radius 3 is 2.73 bits per heavy atom. The van der Waals surface area contributed by atoms with E-state index in [9.17, 15) is 9.59 Å². The number of rotatable bonds is 4. The lowest BCUT2D eigenvalue weighted by Crippen LogP contribution is -2.41. The van der Waals surface area contributed by atoms with Crippen molar-refractivity contribution in [1.29, 1.82) is 0 Å². The summed E-state index contributed by atoms with van der Waals surface area (Å²) in [6.45, 7) is 3.01. The quantitative estimate of drug-likeness (QED) is 0.811. The molecule has 0 bridgehead atoms. The fourth-order valence-corrected chi connectivity index (χ4v) is 5.00. The number of nitrogens with one attached hydrogen (secondary N) is 2. The van der Waals surface area contributed by atoms with E-state index in [0.717, 1.165) is 55.6 Å². The Morgan fingerprint density at radius 2 is 1.97 bits per heavy atom. The molecule has 1 spiro atoms. The standard InChI is InChI=1S/C24H28N4O2/c29-22(12-18-4-2-1-3-5-18)27-10-7-24(8-11-27)13-21(24)15-26-23(30)28-16-19-6-9-25-14-20(19)17-28/h1-6,9,14,16,21,25H,7-8,10-13,15,17H2,(H,26,30). The number of likely N-dealkylation sites (tertiary alicyclic amines) is 1. The molecule has 0 aromatic heterocycles. The molecule has 6 heteroatoms. The predicted octanol–water partition coefficient (Wildman–Crippen LogP) is 2.77. The van der Waals surface area contributed by atoms with Crippen LogP contribution >= 0.6 is 0 Å². The molecule has 0 radical (unpaired) electrons. The molecule has 3 heterocycles. The largest absolute Gasteiger partial charge is 0.367 e. The molecule has 1 saturated carbocycles. The van der Waals surface area contributed by atoms with Gasteiger partial charge in [0.25, 0.3) is 0 Å². The summed E-state index contributed by atoms with van der Waals surface area (Å²) in [4.78, 5) is 28.9. The molecule has 3 aliphatic heterocycles. The molecule has 1 aliphatic carbocycles. The number of benzene rings is 1. The maximum atomic E-state index is 12.6. The SMILES string of the molecule is O=C(NCC1CC12CCN(C(=O)Cc1ccccc1)CC2)N1C=C2C=CNC=C2C1. The van der Waals surface area contributed by atoms with Gasteiger partial charge >= 0.3 is 6.03 Å². The zero-order valence-corrected chi connectivity index (χ0v) is 17.1. The number of carbonyl (C=O) groups is 2. The van der Waals surface area contributed by atoms with Gasteiger partial charge in [-0.25, -0.2) is 4.79 Å². The molecule has 4 aliphatic rings. The molecule has 1 aromatic carbocycles. The van der Waals surface area contributed by atoms with E-state index >= 15 is 0 Å². The lowest BCUT2D eigenvalue weighted by atomic mass is 9.90. The molecule has 156 valence electrons. The first kappa shape index (κ1) is 19.0. The van der Waals surface area contributed by atoms with Crippen LogP contribution in [0.3, 0.4) is 0 Å². The summed E-state index contributed by atoms with van der Waals surface area (Å²) in [5.41, 5.74) is 3.64. The van der Waals surface area contributed by atoms with E-state index in [2.05, 4.69) is 10.6 Å². The van der Waals surface area contributed by atoms with Crippen LogP contribution in [0.4, 0.5) is 4.79 Å². The van der Waals surface area contributed by atoms with Crippen molar-refractivity contribution < 1.29 is 9.59 Å². The van der Waals surface area contributed by atoms with Crippen LogP contribution in [0.25, 0.3) is 0 Å². The van der Waals surface area contributed by atoms with Crippen molar-refractivity contribution >= 4 is 11.9 Å². The van der Waals surface area contributed by atoms with Crippen LogP contribution in [0.15, 0.2) is 66.2 Å².